The lowest BCUT2D eigenvalue weighted by Gasteiger charge is -2.08. The van der Waals surface area contributed by atoms with Gasteiger partial charge in [0, 0.05) is 22.5 Å². The van der Waals surface area contributed by atoms with Crippen LogP contribution in [0.4, 0.5) is 20.2 Å². The van der Waals surface area contributed by atoms with Crippen LogP contribution < -0.4 is 10.6 Å². The van der Waals surface area contributed by atoms with E-state index >= 15 is 0 Å². The quantitative estimate of drug-likeness (QED) is 0.728. The molecular weight excluding hydrogens is 338 g/mol. The number of halogens is 2. The zero-order valence-corrected chi connectivity index (χ0v) is 13.5. The minimum absolute atomic E-state index is 0.251. The Morgan fingerprint density at radius 2 is 1.19 bits per heavy atom. The van der Waals surface area contributed by atoms with Gasteiger partial charge >= 0.3 is 0 Å². The Kier molecular flexibility index (Phi) is 5.03. The van der Waals surface area contributed by atoms with Crippen molar-refractivity contribution < 1.29 is 18.4 Å². The highest BCUT2D eigenvalue weighted by atomic mass is 19.1. The molecule has 0 saturated heterocycles. The number of anilines is 2. The summed E-state index contributed by atoms with van der Waals surface area (Å²) in [4.78, 5) is 24.6. The van der Waals surface area contributed by atoms with Gasteiger partial charge in [0.05, 0.1) is 0 Å². The first-order valence-corrected chi connectivity index (χ1v) is 7.75. The van der Waals surface area contributed by atoms with Crippen molar-refractivity contribution in [3.05, 3.63) is 95.6 Å². The Morgan fingerprint density at radius 3 is 1.81 bits per heavy atom. The Labute approximate surface area is 148 Å². The predicted molar refractivity (Wildman–Crippen MR) is 95.1 cm³/mol. The average Bonchev–Trinajstić information content (AvgIpc) is 2.64. The van der Waals surface area contributed by atoms with E-state index in [0.717, 1.165) is 0 Å². The van der Waals surface area contributed by atoms with E-state index in [1.807, 2.05) is 0 Å². The number of carbonyl (C=O) groups excluding carboxylic acids is 2. The molecule has 2 N–H and O–H groups in total. The average molecular weight is 352 g/mol. The number of benzene rings is 3. The van der Waals surface area contributed by atoms with E-state index in [1.165, 1.54) is 48.5 Å². The van der Waals surface area contributed by atoms with Crippen LogP contribution in [0.3, 0.4) is 0 Å². The predicted octanol–water partition coefficient (Wildman–Crippen LogP) is 4.47. The van der Waals surface area contributed by atoms with Gasteiger partial charge < -0.3 is 10.6 Å². The van der Waals surface area contributed by atoms with Gasteiger partial charge in [0.15, 0.2) is 0 Å². The molecule has 3 aromatic carbocycles. The van der Waals surface area contributed by atoms with E-state index in [2.05, 4.69) is 10.6 Å². The van der Waals surface area contributed by atoms with Gasteiger partial charge in [-0.25, -0.2) is 8.78 Å². The molecule has 4 nitrogen and oxygen atoms in total. The number of rotatable bonds is 4. The fourth-order valence-corrected chi connectivity index (χ4v) is 2.31. The molecule has 0 aliphatic rings. The standard InChI is InChI=1S/C20H14F2N2O2/c21-15-7-9-17(10-8-15)23-19(25)13-3-1-4-14(11-13)20(26)24-18-6-2-5-16(22)12-18/h1-12H,(H,23,25)(H,24,26). The number of amides is 2. The van der Waals surface area contributed by atoms with Gasteiger partial charge in [0.2, 0.25) is 0 Å². The van der Waals surface area contributed by atoms with Crippen LogP contribution in [0.5, 0.6) is 0 Å². The second-order valence-corrected chi connectivity index (χ2v) is 5.51. The van der Waals surface area contributed by atoms with Crippen molar-refractivity contribution in [2.45, 2.75) is 0 Å². The van der Waals surface area contributed by atoms with Crippen molar-refractivity contribution in [3.8, 4) is 0 Å². The summed E-state index contributed by atoms with van der Waals surface area (Å²) in [6, 6.07) is 17.0. The third-order valence-electron chi connectivity index (χ3n) is 3.57. The Bertz CT molecular complexity index is 956. The normalized spacial score (nSPS) is 10.2. The summed E-state index contributed by atoms with van der Waals surface area (Å²) in [5.74, 6) is -1.77. The van der Waals surface area contributed by atoms with Crippen molar-refractivity contribution in [2.75, 3.05) is 10.6 Å². The first kappa shape index (κ1) is 17.3. The summed E-state index contributed by atoms with van der Waals surface area (Å²) in [5.41, 5.74) is 1.27. The topological polar surface area (TPSA) is 58.2 Å². The van der Waals surface area contributed by atoms with E-state index in [4.69, 9.17) is 0 Å². The van der Waals surface area contributed by atoms with E-state index in [0.29, 0.717) is 11.4 Å². The van der Waals surface area contributed by atoms with Crippen LogP contribution in [0.15, 0.2) is 72.8 Å². The smallest absolute Gasteiger partial charge is 0.255 e. The summed E-state index contributed by atoms with van der Waals surface area (Å²) >= 11 is 0. The maximum Gasteiger partial charge on any atom is 0.255 e. The molecule has 0 aromatic heterocycles. The molecule has 3 rings (SSSR count). The van der Waals surface area contributed by atoms with E-state index in [9.17, 15) is 18.4 Å². The molecule has 0 bridgehead atoms. The molecule has 0 aliphatic carbocycles. The third kappa shape index (κ3) is 4.30. The Balaban J connectivity index is 1.73. The van der Waals surface area contributed by atoms with Gasteiger partial charge in [0.1, 0.15) is 11.6 Å². The monoisotopic (exact) mass is 352 g/mol. The third-order valence-corrected chi connectivity index (χ3v) is 3.57. The largest absolute Gasteiger partial charge is 0.322 e. The minimum Gasteiger partial charge on any atom is -0.322 e. The van der Waals surface area contributed by atoms with Gasteiger partial charge in [-0.05, 0) is 60.7 Å². The molecule has 0 aliphatic heterocycles. The van der Waals surface area contributed by atoms with Crippen molar-refractivity contribution in [3.63, 3.8) is 0 Å². The molecule has 6 heteroatoms. The molecule has 26 heavy (non-hydrogen) atoms. The molecule has 0 fully saturated rings. The highest BCUT2D eigenvalue weighted by Crippen LogP contribution is 2.14. The van der Waals surface area contributed by atoms with Gasteiger partial charge in [-0.2, -0.15) is 0 Å². The van der Waals surface area contributed by atoms with Gasteiger partial charge in [-0.3, -0.25) is 9.59 Å². The summed E-state index contributed by atoms with van der Waals surface area (Å²) in [6.45, 7) is 0. The van der Waals surface area contributed by atoms with Crippen LogP contribution in [-0.4, -0.2) is 11.8 Å². The van der Waals surface area contributed by atoms with E-state index in [1.54, 1.807) is 24.3 Å². The maximum absolute atomic E-state index is 13.2. The van der Waals surface area contributed by atoms with Crippen molar-refractivity contribution >= 4 is 23.2 Å². The number of nitrogens with one attached hydrogen (secondary N) is 2. The molecule has 0 heterocycles. The lowest BCUT2D eigenvalue weighted by atomic mass is 10.1. The van der Waals surface area contributed by atoms with E-state index in [-0.39, 0.29) is 11.1 Å². The summed E-state index contributed by atoms with van der Waals surface area (Å²) < 4.78 is 26.1. The molecule has 2 amide bonds. The molecular formula is C20H14F2N2O2. The fourth-order valence-electron chi connectivity index (χ4n) is 2.31. The Morgan fingerprint density at radius 1 is 0.615 bits per heavy atom. The van der Waals surface area contributed by atoms with Crippen molar-refractivity contribution in [1.29, 1.82) is 0 Å². The number of hydrogen-bond donors (Lipinski definition) is 2. The van der Waals surface area contributed by atoms with Crippen LogP contribution in [0.1, 0.15) is 20.7 Å². The van der Waals surface area contributed by atoms with Crippen LogP contribution >= 0.6 is 0 Å². The molecule has 0 spiro atoms. The second kappa shape index (κ2) is 7.57. The fraction of sp³-hybridized carbons (Fsp3) is 0. The van der Waals surface area contributed by atoms with Crippen LogP contribution in [0.25, 0.3) is 0 Å². The molecule has 0 atom stereocenters. The summed E-state index contributed by atoms with van der Waals surface area (Å²) in [7, 11) is 0. The maximum atomic E-state index is 13.2. The molecule has 130 valence electrons. The van der Waals surface area contributed by atoms with Crippen LogP contribution in [0, 0.1) is 11.6 Å². The SMILES string of the molecule is O=C(Nc1ccc(F)cc1)c1cccc(C(=O)Nc2cccc(F)c2)c1. The lowest BCUT2D eigenvalue weighted by Crippen LogP contribution is -2.15. The van der Waals surface area contributed by atoms with Crippen LogP contribution in [-0.2, 0) is 0 Å². The lowest BCUT2D eigenvalue weighted by molar-refractivity contribution is 0.102. The second-order valence-electron chi connectivity index (χ2n) is 5.51. The van der Waals surface area contributed by atoms with Crippen molar-refractivity contribution in [2.24, 2.45) is 0 Å². The molecule has 0 saturated carbocycles. The molecule has 0 radical (unpaired) electrons. The molecule has 3 aromatic rings. The summed E-state index contributed by atoms with van der Waals surface area (Å²) in [6.07, 6.45) is 0. The zero-order chi connectivity index (χ0) is 18.5. The highest BCUT2D eigenvalue weighted by Gasteiger charge is 2.11. The van der Waals surface area contributed by atoms with Crippen LogP contribution in [0.2, 0.25) is 0 Å². The van der Waals surface area contributed by atoms with Gasteiger partial charge in [-0.15, -0.1) is 0 Å². The first-order chi connectivity index (χ1) is 12.5. The number of carbonyl (C=O) groups is 2. The number of hydrogen-bond acceptors (Lipinski definition) is 2. The Hall–Kier alpha value is -3.54. The van der Waals surface area contributed by atoms with Gasteiger partial charge in [-0.1, -0.05) is 12.1 Å². The first-order valence-electron chi connectivity index (χ1n) is 7.75. The summed E-state index contributed by atoms with van der Waals surface area (Å²) in [5, 5.41) is 5.19. The van der Waals surface area contributed by atoms with E-state index < -0.39 is 23.4 Å². The molecule has 0 unspecified atom stereocenters. The van der Waals surface area contributed by atoms with Crippen molar-refractivity contribution in [1.82, 2.24) is 0 Å². The highest BCUT2D eigenvalue weighted by molar-refractivity contribution is 6.08. The minimum atomic E-state index is -0.466. The van der Waals surface area contributed by atoms with Gasteiger partial charge in [0.25, 0.3) is 11.8 Å². The zero-order valence-electron chi connectivity index (χ0n) is 13.5.